The van der Waals surface area contributed by atoms with Crippen LogP contribution in [0.4, 0.5) is 20.2 Å². The minimum absolute atomic E-state index is 0.137. The maximum Gasteiger partial charge on any atom is 0.243 e. The van der Waals surface area contributed by atoms with Gasteiger partial charge in [-0.25, -0.2) is 17.2 Å². The first-order chi connectivity index (χ1) is 15.2. The quantitative estimate of drug-likeness (QED) is 0.679. The van der Waals surface area contributed by atoms with Crippen LogP contribution in [0.2, 0.25) is 0 Å². The molecule has 0 bridgehead atoms. The minimum atomic E-state index is -3.68. The predicted molar refractivity (Wildman–Crippen MR) is 114 cm³/mol. The van der Waals surface area contributed by atoms with Crippen LogP contribution in [0.1, 0.15) is 12.0 Å². The number of benzene rings is 2. The van der Waals surface area contributed by atoms with Crippen LogP contribution in [0.5, 0.6) is 0 Å². The van der Waals surface area contributed by atoms with Gasteiger partial charge in [-0.2, -0.15) is 4.31 Å². The second-order valence-electron chi connectivity index (χ2n) is 7.72. The highest BCUT2D eigenvalue weighted by Crippen LogP contribution is 2.27. The Kier molecular flexibility index (Phi) is 6.22. The summed E-state index contributed by atoms with van der Waals surface area (Å²) >= 11 is 0. The summed E-state index contributed by atoms with van der Waals surface area (Å²) in [5.41, 5.74) is 1.48. The van der Waals surface area contributed by atoms with E-state index in [-0.39, 0.29) is 48.3 Å². The van der Waals surface area contributed by atoms with E-state index in [4.69, 9.17) is 0 Å². The summed E-state index contributed by atoms with van der Waals surface area (Å²) in [4.78, 5) is 25.7. The molecule has 32 heavy (non-hydrogen) atoms. The van der Waals surface area contributed by atoms with Gasteiger partial charge in [0.1, 0.15) is 0 Å². The fraction of sp³-hybridized carbons (Fsp3) is 0.333. The Bertz CT molecular complexity index is 1160. The van der Waals surface area contributed by atoms with Gasteiger partial charge in [-0.15, -0.1) is 0 Å². The molecule has 4 rings (SSSR count). The number of carbonyl (C=O) groups excluding carboxylic acids is 2. The van der Waals surface area contributed by atoms with Gasteiger partial charge in [-0.05, 0) is 35.9 Å². The number of anilines is 2. The molecule has 2 aromatic carbocycles. The highest BCUT2D eigenvalue weighted by atomic mass is 32.2. The third kappa shape index (κ3) is 4.79. The number of amides is 2. The largest absolute Gasteiger partial charge is 0.326 e. The molecule has 1 saturated heterocycles. The molecule has 2 aliphatic rings. The normalized spacial score (nSPS) is 17.1. The van der Waals surface area contributed by atoms with Crippen molar-refractivity contribution in [1.29, 1.82) is 0 Å². The third-order valence-corrected chi connectivity index (χ3v) is 7.42. The van der Waals surface area contributed by atoms with Crippen molar-refractivity contribution in [3.8, 4) is 0 Å². The average Bonchev–Trinajstić information content (AvgIpc) is 3.14. The van der Waals surface area contributed by atoms with Crippen LogP contribution >= 0.6 is 0 Å². The Morgan fingerprint density at radius 1 is 1.03 bits per heavy atom. The minimum Gasteiger partial charge on any atom is -0.326 e. The number of nitrogens with zero attached hydrogens (tertiary/aromatic N) is 2. The average molecular weight is 464 g/mol. The summed E-state index contributed by atoms with van der Waals surface area (Å²) in [6.45, 7) is 1.89. The number of piperazine rings is 1. The van der Waals surface area contributed by atoms with Crippen LogP contribution < -0.4 is 10.6 Å². The zero-order chi connectivity index (χ0) is 22.9. The highest BCUT2D eigenvalue weighted by Gasteiger charge is 2.30. The molecule has 2 aliphatic heterocycles. The van der Waals surface area contributed by atoms with E-state index in [1.54, 1.807) is 6.07 Å². The number of fused-ring (bicyclic) bond motifs is 1. The lowest BCUT2D eigenvalue weighted by Crippen LogP contribution is -2.49. The highest BCUT2D eigenvalue weighted by molar-refractivity contribution is 7.89. The zero-order valence-electron chi connectivity index (χ0n) is 17.1. The van der Waals surface area contributed by atoms with E-state index in [9.17, 15) is 26.8 Å². The molecule has 170 valence electrons. The van der Waals surface area contributed by atoms with Crippen molar-refractivity contribution in [3.63, 3.8) is 0 Å². The molecular weight excluding hydrogens is 442 g/mol. The van der Waals surface area contributed by atoms with Crippen LogP contribution in [0.3, 0.4) is 0 Å². The first kappa shape index (κ1) is 22.3. The van der Waals surface area contributed by atoms with Gasteiger partial charge in [-0.1, -0.05) is 0 Å². The van der Waals surface area contributed by atoms with E-state index in [1.807, 2.05) is 4.90 Å². The van der Waals surface area contributed by atoms with Crippen LogP contribution in [0.25, 0.3) is 0 Å². The summed E-state index contributed by atoms with van der Waals surface area (Å²) in [7, 11) is -3.68. The van der Waals surface area contributed by atoms with Crippen molar-refractivity contribution in [2.75, 3.05) is 43.4 Å². The Morgan fingerprint density at radius 3 is 2.50 bits per heavy atom. The molecule has 0 atom stereocenters. The lowest BCUT2D eigenvalue weighted by atomic mass is 10.2. The molecule has 11 heteroatoms. The molecule has 2 aromatic rings. The number of rotatable bonds is 6. The molecule has 0 spiro atoms. The molecule has 0 radical (unpaired) electrons. The number of sulfonamides is 1. The molecule has 8 nitrogen and oxygen atoms in total. The Balaban J connectivity index is 1.28. The summed E-state index contributed by atoms with van der Waals surface area (Å²) < 4.78 is 53.6. The molecule has 0 aromatic heterocycles. The van der Waals surface area contributed by atoms with Gasteiger partial charge in [0, 0.05) is 56.6 Å². The van der Waals surface area contributed by atoms with Crippen molar-refractivity contribution < 1.29 is 26.8 Å². The van der Waals surface area contributed by atoms with Gasteiger partial charge in [0.2, 0.25) is 21.8 Å². The lowest BCUT2D eigenvalue weighted by Gasteiger charge is -2.33. The Labute approximate surface area is 184 Å². The maximum absolute atomic E-state index is 13.2. The fourth-order valence-electron chi connectivity index (χ4n) is 3.77. The van der Waals surface area contributed by atoms with Crippen LogP contribution in [-0.2, 0) is 26.0 Å². The van der Waals surface area contributed by atoms with Gasteiger partial charge in [0.25, 0.3) is 0 Å². The van der Waals surface area contributed by atoms with Crippen molar-refractivity contribution in [2.24, 2.45) is 0 Å². The molecule has 2 amide bonds. The standard InChI is InChI=1S/C21H22F2N4O4S/c22-17-3-1-15(13-18(17)23)24-20(28)5-6-26-7-9-27(10-8-26)32(30,31)16-2-4-19-14(11-16)12-21(29)25-19/h1-4,11,13H,5-10,12H2,(H,24,28)(H,25,29). The summed E-state index contributed by atoms with van der Waals surface area (Å²) in [6, 6.07) is 7.79. The summed E-state index contributed by atoms with van der Waals surface area (Å²) in [5.74, 6) is -2.52. The molecule has 0 saturated carbocycles. The molecular formula is C21H22F2N4O4S. The van der Waals surface area contributed by atoms with Gasteiger partial charge in [0.05, 0.1) is 11.3 Å². The van der Waals surface area contributed by atoms with E-state index < -0.39 is 21.7 Å². The van der Waals surface area contributed by atoms with Crippen molar-refractivity contribution in [1.82, 2.24) is 9.21 Å². The SMILES string of the molecule is O=C(CCN1CCN(S(=O)(=O)c2ccc3c(c2)CC(=O)N3)CC1)Nc1ccc(F)c(F)c1. The van der Waals surface area contributed by atoms with E-state index in [1.165, 1.54) is 22.5 Å². The van der Waals surface area contributed by atoms with E-state index in [0.717, 1.165) is 12.1 Å². The Morgan fingerprint density at radius 2 is 1.78 bits per heavy atom. The van der Waals surface area contributed by atoms with E-state index in [0.29, 0.717) is 30.9 Å². The number of hydrogen-bond acceptors (Lipinski definition) is 5. The van der Waals surface area contributed by atoms with Crippen molar-refractivity contribution in [2.45, 2.75) is 17.7 Å². The summed E-state index contributed by atoms with van der Waals surface area (Å²) in [6.07, 6.45) is 0.302. The van der Waals surface area contributed by atoms with E-state index >= 15 is 0 Å². The Hall–Kier alpha value is -2.89. The second kappa shape index (κ2) is 8.93. The third-order valence-electron chi connectivity index (χ3n) is 5.53. The van der Waals surface area contributed by atoms with Crippen molar-refractivity contribution in [3.05, 3.63) is 53.6 Å². The monoisotopic (exact) mass is 464 g/mol. The van der Waals surface area contributed by atoms with Crippen LogP contribution in [0, 0.1) is 11.6 Å². The van der Waals surface area contributed by atoms with Crippen LogP contribution in [-0.4, -0.2) is 62.2 Å². The fourth-order valence-corrected chi connectivity index (χ4v) is 5.24. The molecule has 1 fully saturated rings. The maximum atomic E-state index is 13.2. The number of carbonyl (C=O) groups is 2. The van der Waals surface area contributed by atoms with Gasteiger partial charge < -0.3 is 15.5 Å². The first-order valence-corrected chi connectivity index (χ1v) is 11.6. The number of nitrogens with one attached hydrogen (secondary N) is 2. The molecule has 0 unspecified atom stereocenters. The predicted octanol–water partition coefficient (Wildman–Crippen LogP) is 1.79. The topological polar surface area (TPSA) is 98.8 Å². The van der Waals surface area contributed by atoms with Gasteiger partial charge in [0.15, 0.2) is 11.6 Å². The number of halogens is 2. The second-order valence-corrected chi connectivity index (χ2v) is 9.65. The first-order valence-electron chi connectivity index (χ1n) is 10.1. The summed E-state index contributed by atoms with van der Waals surface area (Å²) in [5, 5.41) is 5.20. The van der Waals surface area contributed by atoms with Crippen LogP contribution in [0.15, 0.2) is 41.3 Å². The molecule has 2 heterocycles. The van der Waals surface area contributed by atoms with Gasteiger partial charge >= 0.3 is 0 Å². The number of hydrogen-bond donors (Lipinski definition) is 2. The smallest absolute Gasteiger partial charge is 0.243 e. The molecule has 0 aliphatic carbocycles. The van der Waals surface area contributed by atoms with Crippen molar-refractivity contribution >= 4 is 33.2 Å². The lowest BCUT2D eigenvalue weighted by molar-refractivity contribution is -0.117. The van der Waals surface area contributed by atoms with Gasteiger partial charge in [-0.3, -0.25) is 9.59 Å². The zero-order valence-corrected chi connectivity index (χ0v) is 17.9. The van der Waals surface area contributed by atoms with E-state index in [2.05, 4.69) is 10.6 Å². The molecule has 2 N–H and O–H groups in total.